The van der Waals surface area contributed by atoms with Crippen molar-refractivity contribution in [3.63, 3.8) is 0 Å². The van der Waals surface area contributed by atoms with E-state index in [0.717, 1.165) is 29.4 Å². The fourth-order valence-corrected chi connectivity index (χ4v) is 5.17. The first-order valence-electron chi connectivity index (χ1n) is 10.4. The number of aromatic carboxylic acids is 1. The summed E-state index contributed by atoms with van der Waals surface area (Å²) in [5, 5.41) is 13.2. The summed E-state index contributed by atoms with van der Waals surface area (Å²) in [6.45, 7) is 3.27. The molecule has 2 aliphatic rings. The topological polar surface area (TPSA) is 63.5 Å². The molecule has 0 bridgehead atoms. The van der Waals surface area contributed by atoms with Crippen molar-refractivity contribution in [1.29, 1.82) is 0 Å². The maximum absolute atomic E-state index is 13.4. The van der Waals surface area contributed by atoms with Gasteiger partial charge < -0.3 is 14.4 Å². The lowest BCUT2D eigenvalue weighted by Crippen LogP contribution is -2.71. The zero-order chi connectivity index (χ0) is 21.7. The third-order valence-electron chi connectivity index (χ3n) is 6.95. The molecule has 1 aliphatic heterocycles. The summed E-state index contributed by atoms with van der Waals surface area (Å²) in [6.07, 6.45) is -1.40. The molecule has 164 valence electrons. The van der Waals surface area contributed by atoms with Crippen LogP contribution in [0.5, 0.6) is 0 Å². The highest BCUT2D eigenvalue weighted by molar-refractivity contribution is 6.05. The molecule has 1 saturated heterocycles. The monoisotopic (exact) mass is 424 g/mol. The maximum atomic E-state index is 13.4. The molecule has 2 heterocycles. The normalized spacial score (nSPS) is 25.1. The van der Waals surface area contributed by atoms with Crippen molar-refractivity contribution in [2.45, 2.75) is 63.3 Å². The Morgan fingerprint density at radius 2 is 1.87 bits per heavy atom. The van der Waals surface area contributed by atoms with Crippen molar-refractivity contribution >= 4 is 16.9 Å². The van der Waals surface area contributed by atoms with E-state index in [1.807, 2.05) is 31.2 Å². The summed E-state index contributed by atoms with van der Waals surface area (Å²) in [6, 6.07) is 7.37. The minimum absolute atomic E-state index is 0.0626. The van der Waals surface area contributed by atoms with Crippen LogP contribution in [0.25, 0.3) is 10.9 Å². The van der Waals surface area contributed by atoms with Crippen molar-refractivity contribution < 1.29 is 27.8 Å². The minimum Gasteiger partial charge on any atom is -0.478 e. The van der Waals surface area contributed by atoms with Crippen LogP contribution in [0.4, 0.5) is 13.2 Å². The number of nitrogens with one attached hydrogen (secondary N) is 1. The first-order valence-corrected chi connectivity index (χ1v) is 10.4. The summed E-state index contributed by atoms with van der Waals surface area (Å²) in [5.41, 5.74) is 0.0338. The van der Waals surface area contributed by atoms with Gasteiger partial charge >= 0.3 is 12.1 Å². The van der Waals surface area contributed by atoms with Gasteiger partial charge in [0.15, 0.2) is 5.54 Å². The number of rotatable bonds is 5. The fraction of sp³-hybridized carbons (Fsp3) is 0.591. The van der Waals surface area contributed by atoms with Crippen LogP contribution in [0, 0.1) is 12.8 Å². The van der Waals surface area contributed by atoms with Crippen molar-refractivity contribution in [2.75, 3.05) is 13.2 Å². The van der Waals surface area contributed by atoms with E-state index in [9.17, 15) is 23.1 Å². The lowest BCUT2D eigenvalue weighted by Gasteiger charge is -2.46. The number of carboxylic acid groups (broad SMARTS) is 1. The second-order valence-corrected chi connectivity index (χ2v) is 8.72. The van der Waals surface area contributed by atoms with Gasteiger partial charge in [-0.2, -0.15) is 13.2 Å². The lowest BCUT2D eigenvalue weighted by molar-refractivity contribution is -0.270. The predicted octanol–water partition coefficient (Wildman–Crippen LogP) is 4.69. The van der Waals surface area contributed by atoms with Crippen molar-refractivity contribution in [3.8, 4) is 0 Å². The molecule has 2 N–H and O–H groups in total. The van der Waals surface area contributed by atoms with Gasteiger partial charge in [0, 0.05) is 28.7 Å². The predicted molar refractivity (Wildman–Crippen MR) is 107 cm³/mol. The van der Waals surface area contributed by atoms with Gasteiger partial charge in [-0.05, 0) is 51.5 Å². The largest absolute Gasteiger partial charge is 0.478 e. The molecule has 2 fully saturated rings. The number of hydrogen-bond acceptors (Lipinski definition) is 3. The van der Waals surface area contributed by atoms with Gasteiger partial charge in [0.05, 0.1) is 18.8 Å². The summed E-state index contributed by atoms with van der Waals surface area (Å²) < 4.78 is 47.2. The second-order valence-electron chi connectivity index (χ2n) is 8.72. The quantitative estimate of drug-likeness (QED) is 0.731. The van der Waals surface area contributed by atoms with Crippen LogP contribution in [0.2, 0.25) is 0 Å². The Hall–Kier alpha value is -2.06. The van der Waals surface area contributed by atoms with Crippen LogP contribution in [0.3, 0.4) is 0 Å². The Bertz CT molecular complexity index is 941. The van der Waals surface area contributed by atoms with Gasteiger partial charge in [-0.3, -0.25) is 5.32 Å². The van der Waals surface area contributed by atoms with Gasteiger partial charge in [0.25, 0.3) is 0 Å². The molecule has 0 amide bonds. The molecule has 1 aromatic heterocycles. The average Bonchev–Trinajstić information content (AvgIpc) is 2.95. The average molecular weight is 424 g/mol. The second kappa shape index (κ2) is 7.57. The Balaban J connectivity index is 1.50. The molecular weight excluding hydrogens is 397 g/mol. The standard InChI is InChI=1S/C22H27F3N2O3/c1-13(27-14(2)19(20(28)29)17-5-3-4-6-18(17)27)15-7-9-16(10-8-15)26-21(11-30-12-21)22(23,24)25/h3-6,13,15-16,26H,7-12H2,1-2H3,(H,28,29)/t13-,15?,16?/m1/s1. The van der Waals surface area contributed by atoms with Gasteiger partial charge in [0.2, 0.25) is 0 Å². The molecule has 0 radical (unpaired) electrons. The summed E-state index contributed by atoms with van der Waals surface area (Å²) in [7, 11) is 0. The SMILES string of the molecule is Cc1c(C(=O)O)c2ccccc2n1[C@H](C)C1CCC(NC2(C(F)(F)F)COC2)CC1. The molecule has 0 unspecified atom stereocenters. The fourth-order valence-electron chi connectivity index (χ4n) is 5.17. The Labute approximate surface area is 173 Å². The molecule has 30 heavy (non-hydrogen) atoms. The molecular formula is C22H27F3N2O3. The molecule has 4 rings (SSSR count). The number of alkyl halides is 3. The van der Waals surface area contributed by atoms with E-state index in [4.69, 9.17) is 4.74 Å². The number of halogens is 3. The number of aromatic nitrogens is 1. The van der Waals surface area contributed by atoms with E-state index >= 15 is 0 Å². The Kier molecular flexibility index (Phi) is 5.34. The molecule has 1 atom stereocenters. The van der Waals surface area contributed by atoms with Gasteiger partial charge in [-0.25, -0.2) is 4.79 Å². The number of nitrogens with zero attached hydrogens (tertiary/aromatic N) is 1. The van der Waals surface area contributed by atoms with E-state index in [-0.39, 0.29) is 31.2 Å². The van der Waals surface area contributed by atoms with Crippen LogP contribution < -0.4 is 5.32 Å². The number of hydrogen-bond donors (Lipinski definition) is 2. The van der Waals surface area contributed by atoms with Crippen LogP contribution in [-0.2, 0) is 4.74 Å². The molecule has 1 aliphatic carbocycles. The van der Waals surface area contributed by atoms with Crippen LogP contribution >= 0.6 is 0 Å². The van der Waals surface area contributed by atoms with Crippen LogP contribution in [0.15, 0.2) is 24.3 Å². The van der Waals surface area contributed by atoms with Crippen molar-refractivity contribution in [3.05, 3.63) is 35.5 Å². The number of benzene rings is 1. The molecule has 1 saturated carbocycles. The molecule has 8 heteroatoms. The van der Waals surface area contributed by atoms with Crippen LogP contribution in [0.1, 0.15) is 54.7 Å². The first-order chi connectivity index (χ1) is 14.1. The maximum Gasteiger partial charge on any atom is 0.411 e. The van der Waals surface area contributed by atoms with E-state index < -0.39 is 17.7 Å². The van der Waals surface area contributed by atoms with E-state index in [2.05, 4.69) is 16.8 Å². The van der Waals surface area contributed by atoms with Crippen LogP contribution in [-0.4, -0.2) is 46.6 Å². The van der Waals surface area contributed by atoms with Gasteiger partial charge in [0.1, 0.15) is 0 Å². The third kappa shape index (κ3) is 3.39. The number of carboxylic acids is 1. The summed E-state index contributed by atoms with van der Waals surface area (Å²) in [5.74, 6) is -0.665. The Morgan fingerprint density at radius 3 is 2.40 bits per heavy atom. The molecule has 2 aromatic rings. The highest BCUT2D eigenvalue weighted by Gasteiger charge is 2.60. The lowest BCUT2D eigenvalue weighted by atomic mass is 9.80. The minimum atomic E-state index is -4.32. The van der Waals surface area contributed by atoms with Gasteiger partial charge in [-0.15, -0.1) is 0 Å². The number of ether oxygens (including phenoxy) is 1. The first kappa shape index (κ1) is 21.2. The number of fused-ring (bicyclic) bond motifs is 1. The van der Waals surface area contributed by atoms with Gasteiger partial charge in [-0.1, -0.05) is 18.2 Å². The number of para-hydroxylation sites is 1. The van der Waals surface area contributed by atoms with E-state index in [0.29, 0.717) is 18.4 Å². The Morgan fingerprint density at radius 1 is 1.23 bits per heavy atom. The smallest absolute Gasteiger partial charge is 0.411 e. The zero-order valence-electron chi connectivity index (χ0n) is 17.1. The number of carbonyl (C=O) groups is 1. The summed E-state index contributed by atoms with van der Waals surface area (Å²) in [4.78, 5) is 11.8. The molecule has 1 aromatic carbocycles. The van der Waals surface area contributed by atoms with Crippen molar-refractivity contribution in [1.82, 2.24) is 9.88 Å². The van der Waals surface area contributed by atoms with Crippen molar-refractivity contribution in [2.24, 2.45) is 5.92 Å². The highest BCUT2D eigenvalue weighted by Crippen LogP contribution is 2.41. The third-order valence-corrected chi connectivity index (χ3v) is 6.95. The molecule has 0 spiro atoms. The molecule has 5 nitrogen and oxygen atoms in total. The zero-order valence-corrected chi connectivity index (χ0v) is 17.1. The van der Waals surface area contributed by atoms with E-state index in [1.54, 1.807) is 0 Å². The summed E-state index contributed by atoms with van der Waals surface area (Å²) >= 11 is 0. The van der Waals surface area contributed by atoms with E-state index in [1.165, 1.54) is 0 Å². The highest BCUT2D eigenvalue weighted by atomic mass is 19.4.